The van der Waals surface area contributed by atoms with E-state index in [1.165, 1.54) is 20.3 Å². The minimum Gasteiger partial charge on any atom is -0.493 e. The number of amides is 1. The Labute approximate surface area is 170 Å². The van der Waals surface area contributed by atoms with Crippen molar-refractivity contribution < 1.29 is 24.2 Å². The van der Waals surface area contributed by atoms with Crippen LogP contribution in [0, 0.1) is 0 Å². The molecule has 2 aromatic rings. The molecule has 0 radical (unpaired) electrons. The maximum Gasteiger partial charge on any atom is 0.340 e. The topological polar surface area (TPSA) is 97.2 Å². The van der Waals surface area contributed by atoms with Gasteiger partial charge in [0, 0.05) is 5.02 Å². The molecule has 1 saturated heterocycles. The minimum absolute atomic E-state index is 0.0839. The highest BCUT2D eigenvalue weighted by Gasteiger charge is 2.26. The zero-order chi connectivity index (χ0) is 20.3. The van der Waals surface area contributed by atoms with Crippen LogP contribution in [-0.2, 0) is 4.79 Å². The lowest BCUT2D eigenvalue weighted by Gasteiger charge is -2.12. The normalized spacial score (nSPS) is 16.3. The molecule has 2 N–H and O–H groups in total. The van der Waals surface area contributed by atoms with Crippen molar-refractivity contribution in [2.75, 3.05) is 14.2 Å². The average molecular weight is 419 g/mol. The number of carboxylic acid groups (broad SMARTS) is 1. The molecule has 0 atom stereocenters. The first-order valence-corrected chi connectivity index (χ1v) is 9.15. The van der Waals surface area contributed by atoms with Crippen LogP contribution in [0.5, 0.6) is 11.5 Å². The van der Waals surface area contributed by atoms with Gasteiger partial charge in [0.05, 0.1) is 24.8 Å². The number of amidine groups is 1. The Morgan fingerprint density at radius 3 is 2.68 bits per heavy atom. The molecule has 1 amide bonds. The number of carboxylic acids is 1. The third-order valence-corrected chi connectivity index (χ3v) is 4.91. The predicted octanol–water partition coefficient (Wildman–Crippen LogP) is 3.95. The van der Waals surface area contributed by atoms with Gasteiger partial charge in [0.25, 0.3) is 5.91 Å². The van der Waals surface area contributed by atoms with Crippen LogP contribution in [0.3, 0.4) is 0 Å². The fourth-order valence-corrected chi connectivity index (χ4v) is 3.58. The summed E-state index contributed by atoms with van der Waals surface area (Å²) in [6.07, 6.45) is 1.48. The lowest BCUT2D eigenvalue weighted by molar-refractivity contribution is -0.115. The lowest BCUT2D eigenvalue weighted by atomic mass is 10.0. The van der Waals surface area contributed by atoms with E-state index in [-0.39, 0.29) is 23.0 Å². The fraction of sp³-hybridized carbons (Fsp3) is 0.105. The van der Waals surface area contributed by atoms with Crippen molar-refractivity contribution in [3.8, 4) is 11.5 Å². The van der Waals surface area contributed by atoms with E-state index in [0.29, 0.717) is 26.3 Å². The number of ether oxygens (including phenoxy) is 2. The molecule has 0 bridgehead atoms. The molecule has 0 saturated carbocycles. The molecule has 0 unspecified atom stereocenters. The van der Waals surface area contributed by atoms with Gasteiger partial charge in [0.2, 0.25) is 0 Å². The standard InChI is InChI=1S/C19H15ClN2O5S/c1-26-13-7-6-10(15(18(24)25)16(13)27-2)8-14-17(23)22-19(28-14)21-12-5-3-4-11(20)9-12/h3-9H,1-2H3,(H,24,25)(H,21,22,23)/b14-8+. The van der Waals surface area contributed by atoms with Gasteiger partial charge in [0.15, 0.2) is 16.7 Å². The second kappa shape index (κ2) is 8.37. The molecule has 1 aliphatic heterocycles. The summed E-state index contributed by atoms with van der Waals surface area (Å²) in [5.74, 6) is -1.20. The van der Waals surface area contributed by atoms with Crippen molar-refractivity contribution in [3.05, 3.63) is 57.5 Å². The molecule has 0 aliphatic carbocycles. The molecule has 7 nitrogen and oxygen atoms in total. The average Bonchev–Trinajstić information content (AvgIpc) is 2.99. The molecule has 9 heteroatoms. The number of methoxy groups -OCH3 is 2. The SMILES string of the molecule is COc1ccc(/C=C2/SC(=Nc3cccc(Cl)c3)NC2=O)c(C(=O)O)c1OC. The van der Waals surface area contributed by atoms with Gasteiger partial charge in [-0.25, -0.2) is 9.79 Å². The van der Waals surface area contributed by atoms with E-state index in [2.05, 4.69) is 10.3 Å². The maximum atomic E-state index is 12.3. The molecule has 144 valence electrons. The maximum absolute atomic E-state index is 12.3. The number of nitrogens with one attached hydrogen (secondary N) is 1. The first-order chi connectivity index (χ1) is 13.4. The van der Waals surface area contributed by atoms with Crippen LogP contribution in [0.4, 0.5) is 5.69 Å². The zero-order valence-corrected chi connectivity index (χ0v) is 16.4. The van der Waals surface area contributed by atoms with E-state index in [1.54, 1.807) is 36.4 Å². The second-order valence-corrected chi connectivity index (χ2v) is 7.00. The number of aliphatic imine (C=N–C) groups is 1. The second-order valence-electron chi connectivity index (χ2n) is 5.53. The molecule has 1 fully saturated rings. The molecule has 0 spiro atoms. The highest BCUT2D eigenvalue weighted by atomic mass is 35.5. The third kappa shape index (κ3) is 4.13. The fourth-order valence-electron chi connectivity index (χ4n) is 2.57. The van der Waals surface area contributed by atoms with E-state index < -0.39 is 5.97 Å². The predicted molar refractivity (Wildman–Crippen MR) is 109 cm³/mol. The molecular formula is C19H15ClN2O5S. The summed E-state index contributed by atoms with van der Waals surface area (Å²) < 4.78 is 10.3. The largest absolute Gasteiger partial charge is 0.493 e. The van der Waals surface area contributed by atoms with Crippen LogP contribution < -0.4 is 14.8 Å². The van der Waals surface area contributed by atoms with Crippen LogP contribution in [0.15, 0.2) is 46.3 Å². The summed E-state index contributed by atoms with van der Waals surface area (Å²) >= 11 is 7.04. The highest BCUT2D eigenvalue weighted by molar-refractivity contribution is 8.18. The summed E-state index contributed by atoms with van der Waals surface area (Å²) in [5, 5.41) is 13.2. The molecule has 0 aromatic heterocycles. The smallest absolute Gasteiger partial charge is 0.340 e. The Morgan fingerprint density at radius 1 is 1.25 bits per heavy atom. The van der Waals surface area contributed by atoms with Gasteiger partial charge in [-0.3, -0.25) is 4.79 Å². The molecule has 1 aliphatic rings. The van der Waals surface area contributed by atoms with Gasteiger partial charge >= 0.3 is 5.97 Å². The molecule has 28 heavy (non-hydrogen) atoms. The van der Waals surface area contributed by atoms with Crippen LogP contribution >= 0.6 is 23.4 Å². The Balaban J connectivity index is 1.98. The summed E-state index contributed by atoms with van der Waals surface area (Å²) in [6, 6.07) is 10.0. The number of hydrogen-bond acceptors (Lipinski definition) is 6. The van der Waals surface area contributed by atoms with Crippen LogP contribution in [0.25, 0.3) is 6.08 Å². The zero-order valence-electron chi connectivity index (χ0n) is 14.9. The number of nitrogens with zero attached hydrogens (tertiary/aromatic N) is 1. The van der Waals surface area contributed by atoms with Crippen molar-refractivity contribution in [3.63, 3.8) is 0 Å². The first-order valence-electron chi connectivity index (χ1n) is 7.96. The van der Waals surface area contributed by atoms with Gasteiger partial charge in [-0.05, 0) is 47.7 Å². The summed E-state index contributed by atoms with van der Waals surface area (Å²) in [6.45, 7) is 0. The number of hydrogen-bond donors (Lipinski definition) is 2. The van der Waals surface area contributed by atoms with E-state index in [0.717, 1.165) is 11.8 Å². The van der Waals surface area contributed by atoms with Gasteiger partial charge in [-0.15, -0.1) is 0 Å². The Kier molecular flexibility index (Phi) is 5.91. The molecule has 2 aromatic carbocycles. The van der Waals surface area contributed by atoms with Crippen LogP contribution in [0.2, 0.25) is 5.02 Å². The third-order valence-electron chi connectivity index (χ3n) is 3.77. The number of benzene rings is 2. The van der Waals surface area contributed by atoms with E-state index >= 15 is 0 Å². The Morgan fingerprint density at radius 2 is 2.04 bits per heavy atom. The van der Waals surface area contributed by atoms with Gasteiger partial charge in [-0.2, -0.15) is 0 Å². The number of thioether (sulfide) groups is 1. The Bertz CT molecular complexity index is 1020. The van der Waals surface area contributed by atoms with Gasteiger partial charge < -0.3 is 19.9 Å². The summed E-state index contributed by atoms with van der Waals surface area (Å²) in [7, 11) is 2.77. The number of carbonyl (C=O) groups excluding carboxylic acids is 1. The Hall–Kier alpha value is -2.97. The summed E-state index contributed by atoms with van der Waals surface area (Å²) in [4.78, 5) is 28.7. The molecular weight excluding hydrogens is 404 g/mol. The number of carbonyl (C=O) groups is 2. The van der Waals surface area contributed by atoms with E-state index in [9.17, 15) is 14.7 Å². The van der Waals surface area contributed by atoms with Crippen LogP contribution in [0.1, 0.15) is 15.9 Å². The summed E-state index contributed by atoms with van der Waals surface area (Å²) in [5.41, 5.74) is 0.809. The van der Waals surface area contributed by atoms with E-state index in [1.807, 2.05) is 0 Å². The molecule has 1 heterocycles. The van der Waals surface area contributed by atoms with Crippen molar-refractivity contribution >= 4 is 52.2 Å². The molecule has 3 rings (SSSR count). The minimum atomic E-state index is -1.20. The van der Waals surface area contributed by atoms with Crippen LogP contribution in [-0.4, -0.2) is 36.4 Å². The lowest BCUT2D eigenvalue weighted by Crippen LogP contribution is -2.19. The van der Waals surface area contributed by atoms with E-state index in [4.69, 9.17) is 21.1 Å². The van der Waals surface area contributed by atoms with Gasteiger partial charge in [-0.1, -0.05) is 23.7 Å². The monoisotopic (exact) mass is 418 g/mol. The number of aromatic carboxylic acids is 1. The van der Waals surface area contributed by atoms with Crippen molar-refractivity contribution in [1.82, 2.24) is 5.32 Å². The van der Waals surface area contributed by atoms with Crippen molar-refractivity contribution in [2.45, 2.75) is 0 Å². The van der Waals surface area contributed by atoms with Crippen molar-refractivity contribution in [2.24, 2.45) is 4.99 Å². The quantitative estimate of drug-likeness (QED) is 0.713. The number of halogens is 1. The first kappa shape index (κ1) is 19.8. The number of rotatable bonds is 5. The van der Waals surface area contributed by atoms with Gasteiger partial charge in [0.1, 0.15) is 5.56 Å². The highest BCUT2D eigenvalue weighted by Crippen LogP contribution is 2.36. The van der Waals surface area contributed by atoms with Crippen molar-refractivity contribution in [1.29, 1.82) is 0 Å².